The summed E-state index contributed by atoms with van der Waals surface area (Å²) < 4.78 is 4.76. The molecule has 0 aliphatic rings. The minimum Gasteiger partial charge on any atom is -0.397 e. The maximum atomic E-state index is 11.3. The normalized spacial score (nSPS) is 10.1. The van der Waals surface area contributed by atoms with Gasteiger partial charge in [-0.15, -0.1) is 0 Å². The number of rotatable bonds is 5. The molecule has 0 unspecified atom stereocenters. The van der Waals surface area contributed by atoms with E-state index in [-0.39, 0.29) is 17.4 Å². The Morgan fingerprint density at radius 1 is 1.57 bits per heavy atom. The summed E-state index contributed by atoms with van der Waals surface area (Å²) in [5, 5.41) is 10.3. The molecule has 0 spiro atoms. The highest BCUT2D eigenvalue weighted by Crippen LogP contribution is 2.17. The molecule has 14 heavy (non-hydrogen) atoms. The topological polar surface area (TPSA) is 73.3 Å². The highest BCUT2D eigenvalue weighted by atomic mass is 16.6. The Labute approximate surface area is 80.9 Å². The number of Topliss-reactive ketones (excluding diaryl/α,β-unsaturated/α-hetero) is 1. The molecular weight excluding hydrogens is 186 g/mol. The fourth-order valence-electron chi connectivity index (χ4n) is 1.04. The van der Waals surface area contributed by atoms with E-state index in [1.165, 1.54) is 12.1 Å². The SMILES string of the molecule is CCCCC(=O)c1ccc([N+](=O)[O-])o1. The third-order valence-electron chi connectivity index (χ3n) is 1.80. The van der Waals surface area contributed by atoms with E-state index in [9.17, 15) is 14.9 Å². The molecule has 1 rings (SSSR count). The van der Waals surface area contributed by atoms with E-state index in [1.807, 2.05) is 6.92 Å². The first kappa shape index (κ1) is 10.4. The molecule has 0 atom stereocenters. The van der Waals surface area contributed by atoms with Gasteiger partial charge in [0.15, 0.2) is 11.5 Å². The van der Waals surface area contributed by atoms with Gasteiger partial charge < -0.3 is 4.42 Å². The van der Waals surface area contributed by atoms with Gasteiger partial charge in [-0.05, 0) is 12.5 Å². The molecule has 0 amide bonds. The van der Waals surface area contributed by atoms with Gasteiger partial charge >= 0.3 is 5.88 Å². The zero-order valence-corrected chi connectivity index (χ0v) is 7.86. The van der Waals surface area contributed by atoms with Crippen molar-refractivity contribution in [2.45, 2.75) is 26.2 Å². The molecule has 0 N–H and O–H groups in total. The highest BCUT2D eigenvalue weighted by Gasteiger charge is 2.16. The molecule has 0 radical (unpaired) electrons. The van der Waals surface area contributed by atoms with Gasteiger partial charge in [0.25, 0.3) is 0 Å². The number of unbranched alkanes of at least 4 members (excludes halogenated alkanes) is 1. The molecule has 0 fully saturated rings. The quantitative estimate of drug-likeness (QED) is 0.413. The van der Waals surface area contributed by atoms with Crippen LogP contribution in [0.3, 0.4) is 0 Å². The predicted octanol–water partition coefficient (Wildman–Crippen LogP) is 2.56. The number of hydrogen-bond acceptors (Lipinski definition) is 4. The number of ketones is 1. The van der Waals surface area contributed by atoms with Crippen LogP contribution in [0, 0.1) is 10.1 Å². The second-order valence-electron chi connectivity index (χ2n) is 2.92. The molecule has 5 nitrogen and oxygen atoms in total. The molecule has 0 bridgehead atoms. The summed E-state index contributed by atoms with van der Waals surface area (Å²) in [5.41, 5.74) is 0. The standard InChI is InChI=1S/C9H11NO4/c1-2-3-4-7(11)8-5-6-9(14-8)10(12)13/h5-6H,2-4H2,1H3. The Balaban J connectivity index is 2.66. The van der Waals surface area contributed by atoms with Crippen molar-refractivity contribution in [2.75, 3.05) is 0 Å². The van der Waals surface area contributed by atoms with Crippen LogP contribution in [0.25, 0.3) is 0 Å². The van der Waals surface area contributed by atoms with Crippen molar-refractivity contribution >= 4 is 11.7 Å². The fraction of sp³-hybridized carbons (Fsp3) is 0.444. The van der Waals surface area contributed by atoms with Crippen molar-refractivity contribution < 1.29 is 14.1 Å². The summed E-state index contributed by atoms with van der Waals surface area (Å²) in [4.78, 5) is 20.9. The van der Waals surface area contributed by atoms with Gasteiger partial charge in [-0.2, -0.15) is 0 Å². The Morgan fingerprint density at radius 2 is 2.29 bits per heavy atom. The minimum absolute atomic E-state index is 0.0742. The van der Waals surface area contributed by atoms with Crippen LogP contribution in [0.4, 0.5) is 5.88 Å². The van der Waals surface area contributed by atoms with E-state index in [4.69, 9.17) is 4.42 Å². The molecule has 5 heteroatoms. The van der Waals surface area contributed by atoms with E-state index in [2.05, 4.69) is 0 Å². The van der Waals surface area contributed by atoms with Crippen LogP contribution >= 0.6 is 0 Å². The molecule has 0 aromatic carbocycles. The molecule has 0 saturated heterocycles. The third-order valence-corrected chi connectivity index (χ3v) is 1.80. The lowest BCUT2D eigenvalue weighted by Crippen LogP contribution is -1.96. The molecule has 1 aromatic rings. The second-order valence-corrected chi connectivity index (χ2v) is 2.92. The van der Waals surface area contributed by atoms with Crippen molar-refractivity contribution in [2.24, 2.45) is 0 Å². The second kappa shape index (κ2) is 4.55. The molecule has 0 aliphatic heterocycles. The van der Waals surface area contributed by atoms with Gasteiger partial charge in [-0.1, -0.05) is 13.3 Å². The maximum absolute atomic E-state index is 11.3. The number of hydrogen-bond donors (Lipinski definition) is 0. The van der Waals surface area contributed by atoms with Gasteiger partial charge in [0.05, 0.1) is 6.07 Å². The lowest BCUT2D eigenvalue weighted by molar-refractivity contribution is -0.402. The minimum atomic E-state index is -0.656. The number of nitrogens with zero attached hydrogens (tertiary/aromatic N) is 1. The fourth-order valence-corrected chi connectivity index (χ4v) is 1.04. The molecule has 0 aliphatic carbocycles. The van der Waals surface area contributed by atoms with E-state index in [0.717, 1.165) is 12.8 Å². The van der Waals surface area contributed by atoms with Crippen LogP contribution in [-0.2, 0) is 0 Å². The number of nitro groups is 1. The summed E-state index contributed by atoms with van der Waals surface area (Å²) in [6.45, 7) is 1.97. The monoisotopic (exact) mass is 197 g/mol. The van der Waals surface area contributed by atoms with Gasteiger partial charge in [-0.25, -0.2) is 0 Å². The molecule has 1 aromatic heterocycles. The lowest BCUT2D eigenvalue weighted by atomic mass is 10.1. The third kappa shape index (κ3) is 2.42. The van der Waals surface area contributed by atoms with Crippen LogP contribution in [0.2, 0.25) is 0 Å². The smallest absolute Gasteiger partial charge is 0.397 e. The van der Waals surface area contributed by atoms with E-state index < -0.39 is 4.92 Å². The van der Waals surface area contributed by atoms with Crippen LogP contribution in [0.1, 0.15) is 36.7 Å². The number of carbonyl (C=O) groups excluding carboxylic acids is 1. The zero-order valence-electron chi connectivity index (χ0n) is 7.86. The zero-order chi connectivity index (χ0) is 10.6. The molecule has 0 saturated carbocycles. The average Bonchev–Trinajstić information content (AvgIpc) is 2.62. The highest BCUT2D eigenvalue weighted by molar-refractivity contribution is 5.93. The van der Waals surface area contributed by atoms with E-state index >= 15 is 0 Å². The number of carbonyl (C=O) groups is 1. The van der Waals surface area contributed by atoms with Crippen LogP contribution in [0.5, 0.6) is 0 Å². The summed E-state index contributed by atoms with van der Waals surface area (Å²) in [6, 6.07) is 2.54. The van der Waals surface area contributed by atoms with Crippen molar-refractivity contribution in [3.63, 3.8) is 0 Å². The summed E-state index contributed by atoms with van der Waals surface area (Å²) in [7, 11) is 0. The predicted molar refractivity (Wildman–Crippen MR) is 49.2 cm³/mol. The lowest BCUT2D eigenvalue weighted by Gasteiger charge is -1.93. The first-order valence-electron chi connectivity index (χ1n) is 4.42. The first-order valence-corrected chi connectivity index (χ1v) is 4.42. The van der Waals surface area contributed by atoms with Gasteiger partial charge in [-0.3, -0.25) is 14.9 Å². The van der Waals surface area contributed by atoms with E-state index in [0.29, 0.717) is 6.42 Å². The summed E-state index contributed by atoms with van der Waals surface area (Å²) in [6.07, 6.45) is 2.06. The van der Waals surface area contributed by atoms with Gasteiger partial charge in [0.1, 0.15) is 4.92 Å². The summed E-state index contributed by atoms with van der Waals surface area (Å²) >= 11 is 0. The Kier molecular flexibility index (Phi) is 3.39. The average molecular weight is 197 g/mol. The van der Waals surface area contributed by atoms with Crippen molar-refractivity contribution in [1.29, 1.82) is 0 Å². The van der Waals surface area contributed by atoms with Gasteiger partial charge in [0.2, 0.25) is 0 Å². The molecular formula is C9H11NO4. The van der Waals surface area contributed by atoms with Crippen LogP contribution in [-0.4, -0.2) is 10.7 Å². The molecule has 1 heterocycles. The Hall–Kier alpha value is -1.65. The van der Waals surface area contributed by atoms with E-state index in [1.54, 1.807) is 0 Å². The van der Waals surface area contributed by atoms with Crippen molar-refractivity contribution in [1.82, 2.24) is 0 Å². The Morgan fingerprint density at radius 3 is 2.79 bits per heavy atom. The largest absolute Gasteiger partial charge is 0.433 e. The van der Waals surface area contributed by atoms with Crippen LogP contribution in [0.15, 0.2) is 16.5 Å². The number of furan rings is 1. The maximum Gasteiger partial charge on any atom is 0.433 e. The first-order chi connectivity index (χ1) is 6.65. The summed E-state index contributed by atoms with van der Waals surface area (Å²) in [5.74, 6) is -0.491. The molecule has 76 valence electrons. The van der Waals surface area contributed by atoms with Crippen LogP contribution < -0.4 is 0 Å². The van der Waals surface area contributed by atoms with Crippen molar-refractivity contribution in [3.05, 3.63) is 28.0 Å². The Bertz CT molecular complexity index is 342. The van der Waals surface area contributed by atoms with Gasteiger partial charge in [0, 0.05) is 6.42 Å². The van der Waals surface area contributed by atoms with Crippen molar-refractivity contribution in [3.8, 4) is 0 Å².